The Morgan fingerprint density at radius 2 is 1.88 bits per heavy atom. The molecule has 0 unspecified atom stereocenters. The number of methoxy groups -OCH3 is 1. The molecule has 2 saturated heterocycles. The molecule has 3 aliphatic rings. The van der Waals surface area contributed by atoms with Gasteiger partial charge in [-0.25, -0.2) is 0 Å². The van der Waals surface area contributed by atoms with Gasteiger partial charge in [-0.15, -0.1) is 10.2 Å². The lowest BCUT2D eigenvalue weighted by Crippen LogP contribution is -2.37. The number of hydrogen-bond donors (Lipinski definition) is 0. The molecule has 0 bridgehead atoms. The third-order valence-electron chi connectivity index (χ3n) is 7.59. The lowest BCUT2D eigenvalue weighted by molar-refractivity contribution is 0.129. The minimum Gasteiger partial charge on any atom is -0.497 e. The summed E-state index contributed by atoms with van der Waals surface area (Å²) in [5.74, 6) is 4.27. The number of ether oxygens (including phenoxy) is 2. The van der Waals surface area contributed by atoms with E-state index < -0.39 is 0 Å². The Labute approximate surface area is 202 Å². The standard InChI is InChI=1S/C26H38N4O2S/c1-31-23-10-5-9-22(17-23)30-25(27-28-26(30)33-19-24-11-6-16-32-24)21-12-14-29(15-13-21)18-20-7-3-2-4-8-20/h5,9-10,17,20-21,24H,2-4,6-8,11-16,18-19H2,1H3/t24-/m1/s1. The van der Waals surface area contributed by atoms with Crippen molar-refractivity contribution in [2.45, 2.75) is 75.0 Å². The van der Waals surface area contributed by atoms with Crippen LogP contribution in [0.5, 0.6) is 5.75 Å². The zero-order valence-corrected chi connectivity index (χ0v) is 20.8. The van der Waals surface area contributed by atoms with E-state index in [2.05, 4.69) is 32.8 Å². The summed E-state index contributed by atoms with van der Waals surface area (Å²) in [5, 5.41) is 10.4. The van der Waals surface area contributed by atoms with Crippen molar-refractivity contribution in [1.29, 1.82) is 0 Å². The number of nitrogens with zero attached hydrogens (tertiary/aromatic N) is 4. The Kier molecular flexibility index (Phi) is 7.89. The molecule has 3 fully saturated rings. The first kappa shape index (κ1) is 23.2. The molecule has 1 saturated carbocycles. The van der Waals surface area contributed by atoms with Gasteiger partial charge in [0.2, 0.25) is 0 Å². The zero-order valence-electron chi connectivity index (χ0n) is 20.0. The molecular formula is C26H38N4O2S. The largest absolute Gasteiger partial charge is 0.497 e. The van der Waals surface area contributed by atoms with Crippen molar-refractivity contribution < 1.29 is 9.47 Å². The molecule has 0 spiro atoms. The maximum Gasteiger partial charge on any atom is 0.195 e. The quantitative estimate of drug-likeness (QED) is 0.488. The van der Waals surface area contributed by atoms with Crippen molar-refractivity contribution in [2.75, 3.05) is 39.1 Å². The molecule has 6 nitrogen and oxygen atoms in total. The van der Waals surface area contributed by atoms with Gasteiger partial charge in [0, 0.05) is 30.9 Å². The van der Waals surface area contributed by atoms with Gasteiger partial charge in [0.05, 0.1) is 18.9 Å². The van der Waals surface area contributed by atoms with Gasteiger partial charge in [-0.3, -0.25) is 4.57 Å². The van der Waals surface area contributed by atoms with Gasteiger partial charge < -0.3 is 14.4 Å². The summed E-state index contributed by atoms with van der Waals surface area (Å²) in [6, 6.07) is 8.29. The first-order chi connectivity index (χ1) is 16.3. The maximum atomic E-state index is 5.85. The number of hydrogen-bond acceptors (Lipinski definition) is 6. The van der Waals surface area contributed by atoms with Crippen LogP contribution >= 0.6 is 11.8 Å². The highest BCUT2D eigenvalue weighted by Gasteiger charge is 2.29. The number of thioether (sulfide) groups is 1. The fraction of sp³-hybridized carbons (Fsp3) is 0.692. The van der Waals surface area contributed by atoms with Gasteiger partial charge in [0.15, 0.2) is 5.16 Å². The van der Waals surface area contributed by atoms with Crippen molar-refractivity contribution in [3.63, 3.8) is 0 Å². The minimum absolute atomic E-state index is 0.330. The Hall–Kier alpha value is -1.57. The second-order valence-corrected chi connectivity index (χ2v) is 10.9. The van der Waals surface area contributed by atoms with Crippen molar-refractivity contribution in [3.8, 4) is 11.4 Å². The van der Waals surface area contributed by atoms with Gasteiger partial charge in [-0.05, 0) is 69.7 Å². The summed E-state index contributed by atoms with van der Waals surface area (Å²) in [7, 11) is 1.72. The molecule has 1 aliphatic carbocycles. The van der Waals surface area contributed by atoms with Crippen LogP contribution in [-0.4, -0.2) is 64.9 Å². The Morgan fingerprint density at radius 1 is 1.03 bits per heavy atom. The number of rotatable bonds is 8. The van der Waals surface area contributed by atoms with Crippen LogP contribution in [0, 0.1) is 5.92 Å². The topological polar surface area (TPSA) is 52.4 Å². The van der Waals surface area contributed by atoms with E-state index in [-0.39, 0.29) is 0 Å². The van der Waals surface area contributed by atoms with Crippen LogP contribution in [0.25, 0.3) is 5.69 Å². The highest BCUT2D eigenvalue weighted by molar-refractivity contribution is 7.99. The van der Waals surface area contributed by atoms with Crippen molar-refractivity contribution in [2.24, 2.45) is 5.92 Å². The highest BCUT2D eigenvalue weighted by atomic mass is 32.2. The molecule has 5 rings (SSSR count). The predicted molar refractivity (Wildman–Crippen MR) is 133 cm³/mol. The van der Waals surface area contributed by atoms with E-state index in [9.17, 15) is 0 Å². The average molecular weight is 471 g/mol. The normalized spacial score (nSPS) is 23.2. The molecule has 33 heavy (non-hydrogen) atoms. The van der Waals surface area contributed by atoms with E-state index in [0.717, 1.165) is 60.0 Å². The Morgan fingerprint density at radius 3 is 2.64 bits per heavy atom. The summed E-state index contributed by atoms with van der Waals surface area (Å²) in [6.45, 7) is 4.52. The lowest BCUT2D eigenvalue weighted by atomic mass is 9.88. The number of benzene rings is 1. The van der Waals surface area contributed by atoms with E-state index in [1.807, 2.05) is 6.07 Å². The van der Waals surface area contributed by atoms with E-state index >= 15 is 0 Å². The molecule has 1 atom stereocenters. The highest BCUT2D eigenvalue weighted by Crippen LogP contribution is 2.34. The molecule has 1 aromatic heterocycles. The molecule has 0 amide bonds. The zero-order chi connectivity index (χ0) is 22.5. The van der Waals surface area contributed by atoms with Crippen LogP contribution in [0.2, 0.25) is 0 Å². The molecule has 7 heteroatoms. The molecule has 0 radical (unpaired) electrons. The first-order valence-electron chi connectivity index (χ1n) is 12.9. The number of piperidine rings is 1. The SMILES string of the molecule is COc1cccc(-n2c(SC[C@H]3CCCO3)nnc2C2CCN(CC3CCCCC3)CC2)c1. The van der Waals surface area contributed by atoms with Crippen LogP contribution in [0.15, 0.2) is 29.4 Å². The van der Waals surface area contributed by atoms with Crippen LogP contribution in [0.1, 0.15) is 69.5 Å². The number of likely N-dealkylation sites (tertiary alicyclic amines) is 1. The molecular weight excluding hydrogens is 432 g/mol. The van der Waals surface area contributed by atoms with Crippen molar-refractivity contribution >= 4 is 11.8 Å². The van der Waals surface area contributed by atoms with Gasteiger partial charge in [-0.2, -0.15) is 0 Å². The average Bonchev–Trinajstić information content (AvgIpc) is 3.54. The Bertz CT molecular complexity index is 884. The maximum absolute atomic E-state index is 5.85. The van der Waals surface area contributed by atoms with Gasteiger partial charge >= 0.3 is 0 Å². The molecule has 2 aromatic rings. The third kappa shape index (κ3) is 5.75. The van der Waals surface area contributed by atoms with E-state index in [0.29, 0.717) is 12.0 Å². The van der Waals surface area contributed by atoms with Crippen LogP contribution in [0.4, 0.5) is 0 Å². The fourth-order valence-corrected chi connectivity index (χ4v) is 6.71. The second-order valence-electron chi connectivity index (χ2n) is 9.90. The lowest BCUT2D eigenvalue weighted by Gasteiger charge is -2.35. The molecule has 1 aromatic carbocycles. The van der Waals surface area contributed by atoms with Gasteiger partial charge in [0.25, 0.3) is 0 Å². The van der Waals surface area contributed by atoms with E-state index in [1.54, 1.807) is 18.9 Å². The second kappa shape index (κ2) is 11.2. The summed E-state index contributed by atoms with van der Waals surface area (Å²) >= 11 is 1.77. The van der Waals surface area contributed by atoms with Crippen molar-refractivity contribution in [1.82, 2.24) is 19.7 Å². The summed E-state index contributed by atoms with van der Waals surface area (Å²) in [6.07, 6.45) is 12.1. The monoisotopic (exact) mass is 470 g/mol. The Balaban J connectivity index is 1.31. The van der Waals surface area contributed by atoms with Crippen LogP contribution in [0.3, 0.4) is 0 Å². The van der Waals surface area contributed by atoms with Gasteiger partial charge in [0.1, 0.15) is 11.6 Å². The summed E-state index contributed by atoms with van der Waals surface area (Å²) < 4.78 is 13.6. The smallest absolute Gasteiger partial charge is 0.195 e. The first-order valence-corrected chi connectivity index (χ1v) is 13.8. The van der Waals surface area contributed by atoms with Crippen LogP contribution in [-0.2, 0) is 4.74 Å². The fourth-order valence-electron chi connectivity index (χ4n) is 5.68. The van der Waals surface area contributed by atoms with Crippen LogP contribution < -0.4 is 4.74 Å². The minimum atomic E-state index is 0.330. The predicted octanol–water partition coefficient (Wildman–Crippen LogP) is 5.31. The van der Waals surface area contributed by atoms with E-state index in [1.165, 1.54) is 58.2 Å². The molecule has 0 N–H and O–H groups in total. The molecule has 3 heterocycles. The van der Waals surface area contributed by atoms with Gasteiger partial charge in [-0.1, -0.05) is 37.1 Å². The van der Waals surface area contributed by atoms with Crippen molar-refractivity contribution in [3.05, 3.63) is 30.1 Å². The molecule has 180 valence electrons. The number of aromatic nitrogens is 3. The molecule has 2 aliphatic heterocycles. The van der Waals surface area contributed by atoms with E-state index in [4.69, 9.17) is 14.6 Å². The third-order valence-corrected chi connectivity index (χ3v) is 8.65. The summed E-state index contributed by atoms with van der Waals surface area (Å²) in [4.78, 5) is 2.70. The summed E-state index contributed by atoms with van der Waals surface area (Å²) in [5.41, 5.74) is 1.09.